The van der Waals surface area contributed by atoms with Crippen molar-refractivity contribution in [2.75, 3.05) is 20.2 Å². The molecule has 4 nitrogen and oxygen atoms in total. The zero-order valence-electron chi connectivity index (χ0n) is 13.9. The number of guanidine groups is 1. The highest BCUT2D eigenvalue weighted by Gasteiger charge is 2.02. The number of nitrogens with one attached hydrogen (secondary N) is 2. The van der Waals surface area contributed by atoms with Crippen molar-refractivity contribution >= 4 is 29.9 Å². The minimum atomic E-state index is -0.224. The predicted molar refractivity (Wildman–Crippen MR) is 107 cm³/mol. The zero-order valence-corrected chi connectivity index (χ0v) is 16.2. The molecule has 0 aliphatic heterocycles. The third kappa shape index (κ3) is 6.74. The summed E-state index contributed by atoms with van der Waals surface area (Å²) in [7, 11) is 1.68. The van der Waals surface area contributed by atoms with E-state index in [4.69, 9.17) is 4.74 Å². The fourth-order valence-corrected chi connectivity index (χ4v) is 2.08. The molecular weight excluding hydrogens is 420 g/mol. The number of ether oxygens (including phenoxy) is 1. The number of hydrogen-bond acceptors (Lipinski definition) is 2. The lowest BCUT2D eigenvalue weighted by atomic mass is 10.2. The molecule has 0 saturated carbocycles. The van der Waals surface area contributed by atoms with Crippen LogP contribution in [0.2, 0.25) is 0 Å². The molecule has 2 N–H and O–H groups in total. The number of nitrogens with zero attached hydrogens (tertiary/aromatic N) is 1. The molecule has 0 aliphatic carbocycles. The normalized spacial score (nSPS) is 10.7. The van der Waals surface area contributed by atoms with Crippen molar-refractivity contribution in [3.05, 3.63) is 65.5 Å². The van der Waals surface area contributed by atoms with E-state index in [0.29, 0.717) is 31.2 Å². The van der Waals surface area contributed by atoms with Gasteiger partial charge in [0, 0.05) is 19.2 Å². The molecule has 130 valence electrons. The summed E-state index contributed by atoms with van der Waals surface area (Å²) in [6.07, 6.45) is 0. The Hall–Kier alpha value is -1.83. The van der Waals surface area contributed by atoms with Gasteiger partial charge in [-0.25, -0.2) is 4.39 Å². The van der Waals surface area contributed by atoms with Crippen LogP contribution in [0.25, 0.3) is 0 Å². The topological polar surface area (TPSA) is 45.7 Å². The van der Waals surface area contributed by atoms with Crippen molar-refractivity contribution < 1.29 is 9.13 Å². The summed E-state index contributed by atoms with van der Waals surface area (Å²) in [5.41, 5.74) is 1.77. The molecule has 0 fully saturated rings. The zero-order chi connectivity index (χ0) is 16.5. The van der Waals surface area contributed by atoms with Crippen LogP contribution in [0.5, 0.6) is 5.75 Å². The Labute approximate surface area is 159 Å². The molecule has 0 spiro atoms. The predicted octanol–water partition coefficient (Wildman–Crippen LogP) is 3.50. The van der Waals surface area contributed by atoms with Gasteiger partial charge in [0.2, 0.25) is 0 Å². The van der Waals surface area contributed by atoms with E-state index in [9.17, 15) is 4.39 Å². The second kappa shape index (κ2) is 10.9. The highest BCUT2D eigenvalue weighted by atomic mass is 127. The van der Waals surface area contributed by atoms with Crippen molar-refractivity contribution in [1.82, 2.24) is 10.6 Å². The summed E-state index contributed by atoms with van der Waals surface area (Å²) < 4.78 is 19.2. The van der Waals surface area contributed by atoms with E-state index in [1.807, 2.05) is 37.3 Å². The van der Waals surface area contributed by atoms with Crippen molar-refractivity contribution in [2.24, 2.45) is 4.99 Å². The van der Waals surface area contributed by atoms with Crippen LogP contribution in [0.1, 0.15) is 11.1 Å². The van der Waals surface area contributed by atoms with Crippen LogP contribution in [-0.2, 0) is 6.54 Å². The van der Waals surface area contributed by atoms with Crippen LogP contribution < -0.4 is 15.4 Å². The number of aliphatic imine (C=N–C) groups is 1. The van der Waals surface area contributed by atoms with E-state index in [0.717, 1.165) is 11.3 Å². The van der Waals surface area contributed by atoms with Gasteiger partial charge >= 0.3 is 0 Å². The lowest BCUT2D eigenvalue weighted by Crippen LogP contribution is -2.39. The lowest BCUT2D eigenvalue weighted by molar-refractivity contribution is 0.321. The highest BCUT2D eigenvalue weighted by Crippen LogP contribution is 2.11. The molecular formula is C18H23FIN3O. The van der Waals surface area contributed by atoms with Gasteiger partial charge in [-0.05, 0) is 30.7 Å². The molecule has 2 aromatic rings. The van der Waals surface area contributed by atoms with Gasteiger partial charge in [0.1, 0.15) is 18.2 Å². The molecule has 0 atom stereocenters. The summed E-state index contributed by atoms with van der Waals surface area (Å²) in [5.74, 6) is 1.24. The van der Waals surface area contributed by atoms with Gasteiger partial charge in [0.15, 0.2) is 5.96 Å². The molecule has 2 aromatic carbocycles. The summed E-state index contributed by atoms with van der Waals surface area (Å²) in [4.78, 5) is 4.11. The van der Waals surface area contributed by atoms with Gasteiger partial charge in [0.25, 0.3) is 0 Å². The van der Waals surface area contributed by atoms with Gasteiger partial charge in [0.05, 0.1) is 6.54 Å². The van der Waals surface area contributed by atoms with Gasteiger partial charge in [-0.15, -0.1) is 24.0 Å². The molecule has 0 radical (unpaired) electrons. The highest BCUT2D eigenvalue weighted by molar-refractivity contribution is 14.0. The Kier molecular flexibility index (Phi) is 9.14. The van der Waals surface area contributed by atoms with Crippen LogP contribution >= 0.6 is 24.0 Å². The number of benzene rings is 2. The maximum Gasteiger partial charge on any atom is 0.191 e. The SMILES string of the molecule is CN=C(NCCOc1cccc(C)c1)NCc1ccccc1F.I. The number of aryl methyl sites for hydroxylation is 1. The summed E-state index contributed by atoms with van der Waals surface area (Å²) in [6, 6.07) is 14.6. The Bertz CT molecular complexity index is 664. The summed E-state index contributed by atoms with van der Waals surface area (Å²) in [5, 5.41) is 6.21. The first-order chi connectivity index (χ1) is 11.2. The van der Waals surface area contributed by atoms with Gasteiger partial charge < -0.3 is 15.4 Å². The van der Waals surface area contributed by atoms with E-state index in [1.165, 1.54) is 6.07 Å². The molecule has 2 rings (SSSR count). The van der Waals surface area contributed by atoms with Crippen LogP contribution in [0.15, 0.2) is 53.5 Å². The molecule has 0 aromatic heterocycles. The Balaban J connectivity index is 0.00000288. The first-order valence-corrected chi connectivity index (χ1v) is 7.56. The quantitative estimate of drug-likeness (QED) is 0.311. The molecule has 0 bridgehead atoms. The third-order valence-electron chi connectivity index (χ3n) is 3.28. The van der Waals surface area contributed by atoms with Crippen molar-refractivity contribution in [3.63, 3.8) is 0 Å². The smallest absolute Gasteiger partial charge is 0.191 e. The molecule has 0 aliphatic rings. The fourth-order valence-electron chi connectivity index (χ4n) is 2.08. The van der Waals surface area contributed by atoms with E-state index in [2.05, 4.69) is 15.6 Å². The molecule has 0 saturated heterocycles. The second-order valence-corrected chi connectivity index (χ2v) is 5.11. The minimum Gasteiger partial charge on any atom is -0.492 e. The molecule has 6 heteroatoms. The van der Waals surface area contributed by atoms with Crippen molar-refractivity contribution in [1.29, 1.82) is 0 Å². The first kappa shape index (κ1) is 20.2. The van der Waals surface area contributed by atoms with E-state index >= 15 is 0 Å². The molecule has 0 heterocycles. The van der Waals surface area contributed by atoms with Gasteiger partial charge in [-0.2, -0.15) is 0 Å². The average molecular weight is 443 g/mol. The van der Waals surface area contributed by atoms with E-state index < -0.39 is 0 Å². The molecule has 0 amide bonds. The van der Waals surface area contributed by atoms with Crippen molar-refractivity contribution in [2.45, 2.75) is 13.5 Å². The maximum absolute atomic E-state index is 13.6. The summed E-state index contributed by atoms with van der Waals surface area (Å²) in [6.45, 7) is 3.53. The van der Waals surface area contributed by atoms with Gasteiger partial charge in [-0.1, -0.05) is 30.3 Å². The lowest BCUT2D eigenvalue weighted by Gasteiger charge is -2.13. The van der Waals surface area contributed by atoms with Crippen molar-refractivity contribution in [3.8, 4) is 5.75 Å². The fraction of sp³-hybridized carbons (Fsp3) is 0.278. The monoisotopic (exact) mass is 443 g/mol. The molecule has 0 unspecified atom stereocenters. The third-order valence-corrected chi connectivity index (χ3v) is 3.28. The number of rotatable bonds is 6. The van der Waals surface area contributed by atoms with Crippen LogP contribution in [-0.4, -0.2) is 26.2 Å². The second-order valence-electron chi connectivity index (χ2n) is 5.11. The number of hydrogen-bond donors (Lipinski definition) is 2. The van der Waals surface area contributed by atoms with Crippen LogP contribution in [0, 0.1) is 12.7 Å². The first-order valence-electron chi connectivity index (χ1n) is 7.56. The van der Waals surface area contributed by atoms with E-state index in [1.54, 1.807) is 19.2 Å². The Morgan fingerprint density at radius 3 is 2.62 bits per heavy atom. The molecule has 24 heavy (non-hydrogen) atoms. The minimum absolute atomic E-state index is 0. The van der Waals surface area contributed by atoms with E-state index in [-0.39, 0.29) is 29.8 Å². The summed E-state index contributed by atoms with van der Waals surface area (Å²) >= 11 is 0. The van der Waals surface area contributed by atoms with Crippen LogP contribution in [0.4, 0.5) is 4.39 Å². The standard InChI is InChI=1S/C18H22FN3O.HI/c1-14-6-5-8-16(12-14)23-11-10-21-18(20-2)22-13-15-7-3-4-9-17(15)19;/h3-9,12H,10-11,13H2,1-2H3,(H2,20,21,22);1H. The Morgan fingerprint density at radius 1 is 1.12 bits per heavy atom. The van der Waals surface area contributed by atoms with Crippen LogP contribution in [0.3, 0.4) is 0 Å². The largest absolute Gasteiger partial charge is 0.492 e. The maximum atomic E-state index is 13.6. The number of halogens is 2. The van der Waals surface area contributed by atoms with Gasteiger partial charge in [-0.3, -0.25) is 4.99 Å². The average Bonchev–Trinajstić information content (AvgIpc) is 2.55. The Morgan fingerprint density at radius 2 is 1.92 bits per heavy atom.